The molecule has 2 heterocycles. The van der Waals surface area contributed by atoms with E-state index in [4.69, 9.17) is 16.3 Å². The second-order valence-electron chi connectivity index (χ2n) is 5.15. The van der Waals surface area contributed by atoms with Gasteiger partial charge in [-0.15, -0.1) is 11.3 Å². The summed E-state index contributed by atoms with van der Waals surface area (Å²) >= 11 is 8.23. The van der Waals surface area contributed by atoms with Gasteiger partial charge < -0.3 is 9.30 Å². The van der Waals surface area contributed by atoms with E-state index < -0.39 is 11.6 Å². The largest absolute Gasteiger partial charge is 0.383 e. The minimum absolute atomic E-state index is 0.104. The van der Waals surface area contributed by atoms with Crippen molar-refractivity contribution in [2.75, 3.05) is 13.7 Å². The van der Waals surface area contributed by atoms with Crippen molar-refractivity contribution in [3.63, 3.8) is 0 Å². The fourth-order valence-electron chi connectivity index (χ4n) is 2.35. The summed E-state index contributed by atoms with van der Waals surface area (Å²) in [5, 5.41) is 0. The Bertz CT molecular complexity index is 994. The van der Waals surface area contributed by atoms with E-state index in [1.807, 2.05) is 0 Å². The van der Waals surface area contributed by atoms with Gasteiger partial charge in [0.2, 0.25) is 0 Å². The second kappa shape index (κ2) is 7.74. The Kier molecular flexibility index (Phi) is 5.63. The van der Waals surface area contributed by atoms with Crippen LogP contribution < -0.4 is 4.80 Å². The number of carbonyl (C=O) groups is 1. The maximum Gasteiger partial charge on any atom is 0.253 e. The third-order valence-corrected chi connectivity index (χ3v) is 5.65. The molecule has 4 nitrogen and oxygen atoms in total. The van der Waals surface area contributed by atoms with E-state index in [0.717, 1.165) is 22.3 Å². The van der Waals surface area contributed by atoms with Crippen LogP contribution in [0.4, 0.5) is 8.78 Å². The third kappa shape index (κ3) is 4.14. The number of thiophene rings is 1. The summed E-state index contributed by atoms with van der Waals surface area (Å²) in [6.45, 7) is 0.612. The van der Waals surface area contributed by atoms with Crippen molar-refractivity contribution >= 4 is 50.4 Å². The Labute approximate surface area is 155 Å². The highest BCUT2D eigenvalue weighted by atomic mass is 35.5. The second-order valence-corrected chi connectivity index (χ2v) is 7.96. The van der Waals surface area contributed by atoms with Crippen LogP contribution in [0.5, 0.6) is 0 Å². The van der Waals surface area contributed by atoms with Crippen molar-refractivity contribution in [3.05, 3.63) is 49.9 Å². The van der Waals surface area contributed by atoms with E-state index in [0.29, 0.717) is 27.0 Å². The van der Waals surface area contributed by atoms with Gasteiger partial charge in [0.1, 0.15) is 5.82 Å². The number of aromatic nitrogens is 1. The fourth-order valence-corrected chi connectivity index (χ4v) is 4.54. The first kappa shape index (κ1) is 18.2. The molecule has 0 saturated heterocycles. The van der Waals surface area contributed by atoms with Crippen LogP contribution in [-0.4, -0.2) is 24.2 Å². The molecule has 0 fully saturated rings. The summed E-state index contributed by atoms with van der Waals surface area (Å²) in [4.78, 5) is 17.4. The van der Waals surface area contributed by atoms with E-state index in [9.17, 15) is 13.6 Å². The maximum atomic E-state index is 14.2. The van der Waals surface area contributed by atoms with Gasteiger partial charge in [-0.3, -0.25) is 4.79 Å². The van der Waals surface area contributed by atoms with Gasteiger partial charge in [0.05, 0.1) is 27.6 Å². The lowest BCUT2D eigenvalue weighted by Crippen LogP contribution is -2.20. The first-order valence-electron chi connectivity index (χ1n) is 7.27. The van der Waals surface area contributed by atoms with Crippen LogP contribution in [0.2, 0.25) is 4.34 Å². The number of nitrogens with zero attached hydrogens (tertiary/aromatic N) is 2. The number of fused-ring (bicyclic) bond motifs is 1. The van der Waals surface area contributed by atoms with Gasteiger partial charge in [-0.2, -0.15) is 4.99 Å². The van der Waals surface area contributed by atoms with E-state index >= 15 is 0 Å². The zero-order valence-electron chi connectivity index (χ0n) is 13.1. The quantitative estimate of drug-likeness (QED) is 0.647. The third-order valence-electron chi connectivity index (χ3n) is 3.39. The zero-order chi connectivity index (χ0) is 18.0. The van der Waals surface area contributed by atoms with Gasteiger partial charge in [0.15, 0.2) is 10.6 Å². The SMILES string of the molecule is COCCn1c(=NC(=O)Cc2ccc(Cl)s2)sc2cc(F)cc(F)c21. The number of amides is 1. The van der Waals surface area contributed by atoms with Crippen LogP contribution in [0.1, 0.15) is 4.88 Å². The number of carbonyl (C=O) groups excluding carboxylic acids is 1. The van der Waals surface area contributed by atoms with Crippen LogP contribution >= 0.6 is 34.3 Å². The number of hydrogen-bond acceptors (Lipinski definition) is 4. The molecule has 1 aromatic carbocycles. The molecular weight excluding hydrogens is 390 g/mol. The predicted octanol–water partition coefficient (Wildman–Crippen LogP) is 4.01. The van der Waals surface area contributed by atoms with E-state index in [1.54, 1.807) is 12.1 Å². The number of benzene rings is 1. The predicted molar refractivity (Wildman–Crippen MR) is 95.2 cm³/mol. The number of ether oxygens (including phenoxy) is 1. The molecule has 0 bridgehead atoms. The van der Waals surface area contributed by atoms with Crippen molar-refractivity contribution < 1.29 is 18.3 Å². The molecule has 3 aromatic rings. The van der Waals surface area contributed by atoms with Crippen LogP contribution in [-0.2, 0) is 22.5 Å². The molecule has 0 aliphatic carbocycles. The Balaban J connectivity index is 2.04. The Morgan fingerprint density at radius 1 is 1.32 bits per heavy atom. The summed E-state index contributed by atoms with van der Waals surface area (Å²) in [5.41, 5.74) is 0.217. The smallest absolute Gasteiger partial charge is 0.253 e. The van der Waals surface area contributed by atoms with Gasteiger partial charge in [0, 0.05) is 24.6 Å². The number of rotatable bonds is 5. The zero-order valence-corrected chi connectivity index (χ0v) is 15.5. The Morgan fingerprint density at radius 2 is 2.12 bits per heavy atom. The van der Waals surface area contributed by atoms with E-state index in [-0.39, 0.29) is 17.8 Å². The van der Waals surface area contributed by atoms with Gasteiger partial charge >= 0.3 is 0 Å². The minimum Gasteiger partial charge on any atom is -0.383 e. The molecular formula is C16H13ClF2N2O2S2. The molecule has 2 aromatic heterocycles. The summed E-state index contributed by atoms with van der Waals surface area (Å²) in [7, 11) is 1.52. The molecule has 0 aliphatic heterocycles. The minimum atomic E-state index is -0.693. The number of methoxy groups -OCH3 is 1. The summed E-state index contributed by atoms with van der Waals surface area (Å²) in [5.74, 6) is -1.74. The normalized spacial score (nSPS) is 12.2. The van der Waals surface area contributed by atoms with Gasteiger partial charge in [-0.1, -0.05) is 22.9 Å². The van der Waals surface area contributed by atoms with Crippen LogP contribution in [0.3, 0.4) is 0 Å². The number of hydrogen-bond donors (Lipinski definition) is 0. The highest BCUT2D eigenvalue weighted by Gasteiger charge is 2.14. The van der Waals surface area contributed by atoms with Crippen molar-refractivity contribution in [2.45, 2.75) is 13.0 Å². The van der Waals surface area contributed by atoms with E-state index in [1.165, 1.54) is 29.1 Å². The first-order valence-corrected chi connectivity index (χ1v) is 9.28. The molecule has 0 radical (unpaired) electrons. The molecule has 0 aliphatic rings. The number of thiazole rings is 1. The lowest BCUT2D eigenvalue weighted by Gasteiger charge is -2.05. The molecule has 3 rings (SSSR count). The highest BCUT2D eigenvalue weighted by Crippen LogP contribution is 2.23. The maximum absolute atomic E-state index is 14.2. The van der Waals surface area contributed by atoms with Crippen molar-refractivity contribution in [1.29, 1.82) is 0 Å². The van der Waals surface area contributed by atoms with Crippen LogP contribution in [0.15, 0.2) is 29.3 Å². The van der Waals surface area contributed by atoms with Crippen LogP contribution in [0.25, 0.3) is 10.2 Å². The first-order chi connectivity index (χ1) is 12.0. The summed E-state index contributed by atoms with van der Waals surface area (Å²) < 4.78 is 35.2. The lowest BCUT2D eigenvalue weighted by atomic mass is 10.3. The fraction of sp³-hybridized carbons (Fsp3) is 0.250. The topological polar surface area (TPSA) is 43.6 Å². The molecule has 0 unspecified atom stereocenters. The lowest BCUT2D eigenvalue weighted by molar-refractivity contribution is -0.117. The average molecular weight is 403 g/mol. The van der Waals surface area contributed by atoms with E-state index in [2.05, 4.69) is 4.99 Å². The molecule has 0 atom stereocenters. The average Bonchev–Trinajstić information content (AvgIpc) is 3.08. The molecule has 25 heavy (non-hydrogen) atoms. The highest BCUT2D eigenvalue weighted by molar-refractivity contribution is 7.16. The van der Waals surface area contributed by atoms with Crippen molar-refractivity contribution in [2.24, 2.45) is 4.99 Å². The summed E-state index contributed by atoms with van der Waals surface area (Å²) in [6, 6.07) is 5.52. The molecule has 9 heteroatoms. The Morgan fingerprint density at radius 3 is 2.80 bits per heavy atom. The van der Waals surface area contributed by atoms with Gasteiger partial charge in [-0.25, -0.2) is 8.78 Å². The molecule has 0 saturated carbocycles. The monoisotopic (exact) mass is 402 g/mol. The molecule has 0 spiro atoms. The van der Waals surface area contributed by atoms with Gasteiger partial charge in [-0.05, 0) is 18.2 Å². The number of halogens is 3. The van der Waals surface area contributed by atoms with Gasteiger partial charge in [0.25, 0.3) is 5.91 Å². The molecule has 132 valence electrons. The van der Waals surface area contributed by atoms with Crippen molar-refractivity contribution in [1.82, 2.24) is 4.57 Å². The summed E-state index contributed by atoms with van der Waals surface area (Å²) in [6.07, 6.45) is 0.104. The Hall–Kier alpha value is -1.61. The van der Waals surface area contributed by atoms with Crippen molar-refractivity contribution in [3.8, 4) is 0 Å². The molecule has 1 amide bonds. The van der Waals surface area contributed by atoms with Crippen LogP contribution in [0, 0.1) is 11.6 Å². The molecule has 0 N–H and O–H groups in total. The standard InChI is InChI=1S/C16H13ClF2N2O2S2/c1-23-5-4-21-15-11(19)6-9(18)7-12(15)25-16(21)20-14(22)8-10-2-3-13(17)24-10/h2-3,6-7H,4-5,8H2,1H3.